The highest BCUT2D eigenvalue weighted by atomic mass is 79.9. The first-order valence-electron chi connectivity index (χ1n) is 6.33. The molecule has 0 atom stereocenters. The van der Waals surface area contributed by atoms with Crippen LogP contribution in [-0.4, -0.2) is 11.8 Å². The number of halogens is 5. The van der Waals surface area contributed by atoms with Gasteiger partial charge >= 0.3 is 0 Å². The molecule has 0 saturated carbocycles. The van der Waals surface area contributed by atoms with Gasteiger partial charge in [-0.1, -0.05) is 44.0 Å². The van der Waals surface area contributed by atoms with Crippen LogP contribution in [0.2, 0.25) is 0 Å². The van der Waals surface area contributed by atoms with Gasteiger partial charge in [0.2, 0.25) is 0 Å². The lowest BCUT2D eigenvalue weighted by Gasteiger charge is -2.30. The second-order valence-corrected chi connectivity index (χ2v) is 7.33. The van der Waals surface area contributed by atoms with E-state index >= 15 is 0 Å². The lowest BCUT2D eigenvalue weighted by Crippen LogP contribution is -2.33. The van der Waals surface area contributed by atoms with Gasteiger partial charge in [0.15, 0.2) is 0 Å². The molecule has 112 valence electrons. The van der Waals surface area contributed by atoms with Crippen molar-refractivity contribution in [3.05, 3.63) is 68.4 Å². The number of hydrogen-bond acceptors (Lipinski definition) is 0. The Morgan fingerprint density at radius 2 is 1.48 bits per heavy atom. The quantitative estimate of drug-likeness (QED) is 0.464. The minimum absolute atomic E-state index is 0.241. The summed E-state index contributed by atoms with van der Waals surface area (Å²) >= 11 is 19.2. The van der Waals surface area contributed by atoms with E-state index in [1.165, 1.54) is 6.07 Å². The third-order valence-electron chi connectivity index (χ3n) is 3.50. The molecule has 0 aliphatic rings. The molecule has 0 aromatic heterocycles. The number of rotatable bonds is 5. The van der Waals surface area contributed by atoms with Crippen LogP contribution in [0.5, 0.6) is 0 Å². The lowest BCUT2D eigenvalue weighted by atomic mass is 9.78. The Hall–Kier alpha value is -0.0900. The third kappa shape index (κ3) is 4.01. The smallest absolute Gasteiger partial charge is 0.126 e. The Morgan fingerprint density at radius 1 is 0.905 bits per heavy atom. The molecular weight excluding hydrogens is 442 g/mol. The lowest BCUT2D eigenvalue weighted by molar-refractivity contribution is 0.511. The van der Waals surface area contributed by atoms with E-state index in [-0.39, 0.29) is 5.82 Å². The predicted octanol–water partition coefficient (Wildman–Crippen LogP) is 6.31. The van der Waals surface area contributed by atoms with Crippen LogP contribution in [0.15, 0.2) is 51.4 Å². The summed E-state index contributed by atoms with van der Waals surface area (Å²) in [6.07, 6.45) is 0.451. The number of benzene rings is 2. The molecule has 0 saturated heterocycles. The minimum Gasteiger partial charge on any atom is -0.207 e. The van der Waals surface area contributed by atoms with E-state index < -0.39 is 5.41 Å². The molecule has 0 aliphatic carbocycles. The van der Waals surface area contributed by atoms with Crippen molar-refractivity contribution < 1.29 is 4.39 Å². The van der Waals surface area contributed by atoms with Gasteiger partial charge < -0.3 is 0 Å². The van der Waals surface area contributed by atoms with Crippen LogP contribution in [0, 0.1) is 5.82 Å². The maximum absolute atomic E-state index is 14.0. The summed E-state index contributed by atoms with van der Waals surface area (Å²) < 4.78 is 15.9. The summed E-state index contributed by atoms with van der Waals surface area (Å²) in [6.45, 7) is 0. The Balaban J connectivity index is 2.42. The van der Waals surface area contributed by atoms with E-state index in [1.54, 1.807) is 12.1 Å². The van der Waals surface area contributed by atoms with Gasteiger partial charge in [-0.25, -0.2) is 4.39 Å². The van der Waals surface area contributed by atoms with Crippen molar-refractivity contribution in [2.24, 2.45) is 0 Å². The Bertz CT molecular complexity index is 610. The average molecular weight is 455 g/mol. The number of alkyl halides is 2. The Labute approximate surface area is 150 Å². The van der Waals surface area contributed by atoms with Gasteiger partial charge in [0.05, 0.1) is 0 Å². The van der Waals surface area contributed by atoms with Crippen LogP contribution in [0.1, 0.15) is 11.1 Å². The normalized spacial score (nSPS) is 11.7. The molecule has 0 nitrogen and oxygen atoms in total. The molecule has 0 N–H and O–H groups in total. The van der Waals surface area contributed by atoms with Crippen LogP contribution in [0.3, 0.4) is 0 Å². The maximum atomic E-state index is 14.0. The van der Waals surface area contributed by atoms with E-state index in [4.69, 9.17) is 23.2 Å². The van der Waals surface area contributed by atoms with Crippen LogP contribution < -0.4 is 0 Å². The largest absolute Gasteiger partial charge is 0.207 e. The van der Waals surface area contributed by atoms with Crippen LogP contribution >= 0.6 is 55.1 Å². The molecule has 2 aromatic rings. The molecule has 0 unspecified atom stereocenters. The van der Waals surface area contributed by atoms with Crippen LogP contribution in [0.4, 0.5) is 4.39 Å². The first-order chi connectivity index (χ1) is 10.0. The predicted molar refractivity (Wildman–Crippen MR) is 95.1 cm³/mol. The van der Waals surface area contributed by atoms with Crippen molar-refractivity contribution in [1.82, 2.24) is 0 Å². The van der Waals surface area contributed by atoms with Gasteiger partial charge in [0.25, 0.3) is 0 Å². The molecule has 0 aliphatic heterocycles. The summed E-state index contributed by atoms with van der Waals surface area (Å²) in [5.41, 5.74) is 1.12. The molecule has 0 amide bonds. The van der Waals surface area contributed by atoms with Gasteiger partial charge in [-0.2, -0.15) is 0 Å². The molecule has 2 rings (SSSR count). The Kier molecular flexibility index (Phi) is 6.13. The van der Waals surface area contributed by atoms with Crippen molar-refractivity contribution in [1.29, 1.82) is 0 Å². The topological polar surface area (TPSA) is 0 Å². The highest BCUT2D eigenvalue weighted by molar-refractivity contribution is 9.10. The van der Waals surface area contributed by atoms with Gasteiger partial charge in [0.1, 0.15) is 5.82 Å². The van der Waals surface area contributed by atoms with E-state index in [2.05, 4.69) is 31.9 Å². The summed E-state index contributed by atoms with van der Waals surface area (Å²) in [5, 5.41) is 0. The highest BCUT2D eigenvalue weighted by Crippen LogP contribution is 2.34. The zero-order chi connectivity index (χ0) is 15.5. The van der Waals surface area contributed by atoms with Gasteiger partial charge in [-0.3, -0.25) is 0 Å². The summed E-state index contributed by atoms with van der Waals surface area (Å²) in [6, 6.07) is 12.8. The zero-order valence-electron chi connectivity index (χ0n) is 11.1. The molecular formula is C16H13Br2Cl2F. The van der Waals surface area contributed by atoms with Crippen LogP contribution in [-0.2, 0) is 11.8 Å². The second-order valence-electron chi connectivity index (χ2n) is 4.97. The molecule has 0 radical (unpaired) electrons. The molecule has 0 fully saturated rings. The highest BCUT2D eigenvalue weighted by Gasteiger charge is 2.32. The molecule has 0 heterocycles. The first-order valence-corrected chi connectivity index (χ1v) is 8.98. The fourth-order valence-electron chi connectivity index (χ4n) is 2.23. The Morgan fingerprint density at radius 3 is 2.05 bits per heavy atom. The number of hydrogen-bond donors (Lipinski definition) is 0. The SMILES string of the molecule is Fc1ccc(Br)cc1CC(CCl)(CCl)c1ccc(Br)cc1. The summed E-state index contributed by atoms with van der Waals surface area (Å²) in [4.78, 5) is 0. The summed E-state index contributed by atoms with van der Waals surface area (Å²) in [5.74, 6) is 0.406. The molecule has 0 spiro atoms. The van der Waals surface area contributed by atoms with Crippen molar-refractivity contribution in [2.45, 2.75) is 11.8 Å². The fraction of sp³-hybridized carbons (Fsp3) is 0.250. The van der Waals surface area contributed by atoms with E-state index in [0.717, 1.165) is 14.5 Å². The molecule has 0 bridgehead atoms. The molecule has 21 heavy (non-hydrogen) atoms. The van der Waals surface area contributed by atoms with Gasteiger partial charge in [-0.15, -0.1) is 23.2 Å². The van der Waals surface area contributed by atoms with E-state index in [9.17, 15) is 4.39 Å². The molecule has 5 heteroatoms. The van der Waals surface area contributed by atoms with Gasteiger partial charge in [0, 0.05) is 26.1 Å². The zero-order valence-corrected chi connectivity index (χ0v) is 15.7. The average Bonchev–Trinajstić information content (AvgIpc) is 2.49. The minimum atomic E-state index is -0.495. The fourth-order valence-corrected chi connectivity index (χ4v) is 3.69. The monoisotopic (exact) mass is 452 g/mol. The standard InChI is InChI=1S/C16H13Br2Cl2F/c17-13-3-1-12(2-4-13)16(9-19,10-20)8-11-7-14(18)5-6-15(11)21/h1-7H,8-10H2. The van der Waals surface area contributed by atoms with Crippen molar-refractivity contribution >= 4 is 55.1 Å². The van der Waals surface area contributed by atoms with Crippen molar-refractivity contribution in [2.75, 3.05) is 11.8 Å². The van der Waals surface area contributed by atoms with Crippen molar-refractivity contribution in [3.63, 3.8) is 0 Å². The maximum Gasteiger partial charge on any atom is 0.126 e. The second kappa shape index (κ2) is 7.45. The van der Waals surface area contributed by atoms with E-state index in [1.807, 2.05) is 24.3 Å². The third-order valence-corrected chi connectivity index (χ3v) is 5.55. The van der Waals surface area contributed by atoms with Gasteiger partial charge in [-0.05, 0) is 47.9 Å². The van der Waals surface area contributed by atoms with E-state index in [0.29, 0.717) is 23.7 Å². The molecule has 2 aromatic carbocycles. The summed E-state index contributed by atoms with van der Waals surface area (Å²) in [7, 11) is 0. The first kappa shape index (κ1) is 17.3. The van der Waals surface area contributed by atoms with Crippen LogP contribution in [0.25, 0.3) is 0 Å². The van der Waals surface area contributed by atoms with Crippen molar-refractivity contribution in [3.8, 4) is 0 Å².